The van der Waals surface area contributed by atoms with Gasteiger partial charge in [-0.25, -0.2) is 4.98 Å². The molecule has 10 nitrogen and oxygen atoms in total. The van der Waals surface area contributed by atoms with E-state index in [2.05, 4.69) is 56.2 Å². The summed E-state index contributed by atoms with van der Waals surface area (Å²) >= 11 is 1.44. The molecule has 5 aromatic rings. The van der Waals surface area contributed by atoms with E-state index in [0.717, 1.165) is 11.3 Å². The van der Waals surface area contributed by atoms with Crippen molar-refractivity contribution in [1.82, 2.24) is 39.3 Å². The van der Waals surface area contributed by atoms with E-state index in [1.807, 2.05) is 22.8 Å². The van der Waals surface area contributed by atoms with Crippen LogP contribution in [0.2, 0.25) is 0 Å². The number of pyridine rings is 1. The SMILES string of the molecule is Cc1ccc(-n2c(SCc3cc(=O)n4[nH]c(N)nc4n3)nnc2-c2ccncc2)cc1C. The molecule has 0 atom stereocenters. The highest BCUT2D eigenvalue weighted by atomic mass is 32.2. The number of H-pyrrole nitrogens is 1. The second kappa shape index (κ2) is 7.93. The Bertz CT molecular complexity index is 1490. The standard InChI is InChI=1S/C21H19N9OS/c1-12-3-4-16(9-13(12)2)29-18(14-5-7-23-8-6-14)26-27-21(29)32-11-15-10-17(31)30-20(24-15)25-19(22)28-30/h3-10H,11H2,1-2H3,(H3,22,24,25,28). The predicted octanol–water partition coefficient (Wildman–Crippen LogP) is 2.55. The molecule has 3 N–H and O–H groups in total. The van der Waals surface area contributed by atoms with Crippen LogP contribution in [-0.2, 0) is 5.75 Å². The van der Waals surface area contributed by atoms with Crippen molar-refractivity contribution in [3.05, 3.63) is 76.0 Å². The molecule has 0 aliphatic heterocycles. The number of rotatable bonds is 5. The van der Waals surface area contributed by atoms with Gasteiger partial charge in [-0.3, -0.25) is 19.4 Å². The maximum atomic E-state index is 12.3. The maximum Gasteiger partial charge on any atom is 0.274 e. The number of thioether (sulfide) groups is 1. The van der Waals surface area contributed by atoms with Gasteiger partial charge in [-0.15, -0.1) is 10.2 Å². The van der Waals surface area contributed by atoms with E-state index in [1.54, 1.807) is 12.4 Å². The minimum Gasteiger partial charge on any atom is -0.368 e. The zero-order valence-corrected chi connectivity index (χ0v) is 18.2. The molecule has 0 aliphatic rings. The summed E-state index contributed by atoms with van der Waals surface area (Å²) in [7, 11) is 0. The number of anilines is 1. The highest BCUT2D eigenvalue weighted by Crippen LogP contribution is 2.30. The van der Waals surface area contributed by atoms with Crippen LogP contribution in [0.5, 0.6) is 0 Å². The van der Waals surface area contributed by atoms with Gasteiger partial charge >= 0.3 is 0 Å². The maximum absolute atomic E-state index is 12.3. The monoisotopic (exact) mass is 445 g/mol. The molecule has 0 radical (unpaired) electrons. The second-order valence-electron chi connectivity index (χ2n) is 7.26. The number of hydrogen-bond acceptors (Lipinski definition) is 8. The van der Waals surface area contributed by atoms with Crippen molar-refractivity contribution in [3.63, 3.8) is 0 Å². The van der Waals surface area contributed by atoms with E-state index < -0.39 is 0 Å². The molecule has 0 spiro atoms. The number of nitrogen functional groups attached to an aromatic ring is 1. The van der Waals surface area contributed by atoms with Gasteiger partial charge in [0.25, 0.3) is 11.3 Å². The third kappa shape index (κ3) is 3.62. The van der Waals surface area contributed by atoms with E-state index in [-0.39, 0.29) is 17.3 Å². The van der Waals surface area contributed by atoms with Crippen molar-refractivity contribution in [2.75, 3.05) is 5.73 Å². The topological polar surface area (TPSA) is 133 Å². The third-order valence-corrected chi connectivity index (χ3v) is 6.03. The van der Waals surface area contributed by atoms with Crippen LogP contribution >= 0.6 is 11.8 Å². The van der Waals surface area contributed by atoms with Gasteiger partial charge in [0, 0.05) is 29.8 Å². The summed E-state index contributed by atoms with van der Waals surface area (Å²) in [4.78, 5) is 24.9. The lowest BCUT2D eigenvalue weighted by Crippen LogP contribution is -2.15. The number of nitrogens with zero attached hydrogens (tertiary/aromatic N) is 7. The molecule has 4 heterocycles. The molecule has 32 heavy (non-hydrogen) atoms. The Kier molecular flexibility index (Phi) is 4.94. The first-order chi connectivity index (χ1) is 15.5. The summed E-state index contributed by atoms with van der Waals surface area (Å²) in [6.07, 6.45) is 3.45. The summed E-state index contributed by atoms with van der Waals surface area (Å²) in [6, 6.07) is 11.5. The Labute approximate surface area is 186 Å². The van der Waals surface area contributed by atoms with E-state index >= 15 is 0 Å². The summed E-state index contributed by atoms with van der Waals surface area (Å²) < 4.78 is 3.22. The number of aromatic amines is 1. The first-order valence-electron chi connectivity index (χ1n) is 9.80. The Morgan fingerprint density at radius 1 is 1.03 bits per heavy atom. The lowest BCUT2D eigenvalue weighted by atomic mass is 10.1. The van der Waals surface area contributed by atoms with Gasteiger partial charge in [0.1, 0.15) is 0 Å². The van der Waals surface area contributed by atoms with Gasteiger partial charge in [-0.05, 0) is 49.2 Å². The Morgan fingerprint density at radius 3 is 2.62 bits per heavy atom. The van der Waals surface area contributed by atoms with Crippen LogP contribution in [0.1, 0.15) is 16.8 Å². The fourth-order valence-electron chi connectivity index (χ4n) is 3.30. The van der Waals surface area contributed by atoms with E-state index in [0.29, 0.717) is 22.4 Å². The lowest BCUT2D eigenvalue weighted by molar-refractivity contribution is 0.877. The normalized spacial score (nSPS) is 11.3. The highest BCUT2D eigenvalue weighted by molar-refractivity contribution is 7.98. The molecule has 1 aromatic carbocycles. The van der Waals surface area contributed by atoms with Crippen LogP contribution in [0, 0.1) is 13.8 Å². The van der Waals surface area contributed by atoms with Crippen LogP contribution in [0.4, 0.5) is 5.95 Å². The van der Waals surface area contributed by atoms with E-state index in [1.165, 1.54) is 33.5 Å². The summed E-state index contributed by atoms with van der Waals surface area (Å²) in [6.45, 7) is 4.15. The van der Waals surface area contributed by atoms with Gasteiger partial charge in [-0.1, -0.05) is 17.8 Å². The van der Waals surface area contributed by atoms with Crippen molar-refractivity contribution in [1.29, 1.82) is 0 Å². The molecular weight excluding hydrogens is 426 g/mol. The fraction of sp³-hybridized carbons (Fsp3) is 0.143. The number of aromatic nitrogens is 8. The van der Waals surface area contributed by atoms with E-state index in [9.17, 15) is 4.79 Å². The fourth-order valence-corrected chi connectivity index (χ4v) is 4.15. The molecule has 11 heteroatoms. The number of nitrogens with one attached hydrogen (secondary N) is 1. The quantitative estimate of drug-likeness (QED) is 0.394. The molecule has 0 unspecified atom stereocenters. The van der Waals surface area contributed by atoms with Gasteiger partial charge in [-0.2, -0.15) is 9.50 Å². The van der Waals surface area contributed by atoms with Crippen LogP contribution in [-0.4, -0.2) is 39.3 Å². The molecule has 160 valence electrons. The average molecular weight is 446 g/mol. The summed E-state index contributed by atoms with van der Waals surface area (Å²) in [5, 5.41) is 12.2. The summed E-state index contributed by atoms with van der Waals surface area (Å²) in [5.41, 5.74) is 10.2. The minimum absolute atomic E-state index is 0.135. The van der Waals surface area contributed by atoms with Crippen LogP contribution in [0.3, 0.4) is 0 Å². The lowest BCUT2D eigenvalue weighted by Gasteiger charge is -2.12. The smallest absolute Gasteiger partial charge is 0.274 e. The summed E-state index contributed by atoms with van der Waals surface area (Å²) in [5.74, 6) is 1.49. The van der Waals surface area contributed by atoms with Crippen molar-refractivity contribution < 1.29 is 0 Å². The highest BCUT2D eigenvalue weighted by Gasteiger charge is 2.17. The predicted molar refractivity (Wildman–Crippen MR) is 122 cm³/mol. The first kappa shape index (κ1) is 19.9. The first-order valence-corrected chi connectivity index (χ1v) is 10.8. The molecular formula is C21H19N9OS. The number of fused-ring (bicyclic) bond motifs is 1. The number of benzene rings is 1. The van der Waals surface area contributed by atoms with Gasteiger partial charge in [0.05, 0.1) is 11.4 Å². The molecule has 0 bridgehead atoms. The molecule has 4 aromatic heterocycles. The van der Waals surface area contributed by atoms with Crippen LogP contribution in [0.15, 0.2) is 58.7 Å². The molecule has 0 saturated carbocycles. The zero-order chi connectivity index (χ0) is 22.2. The molecule has 5 rings (SSSR count). The Morgan fingerprint density at radius 2 is 1.84 bits per heavy atom. The second-order valence-corrected chi connectivity index (χ2v) is 8.21. The van der Waals surface area contributed by atoms with Gasteiger partial charge < -0.3 is 5.73 Å². The number of hydrogen-bond donors (Lipinski definition) is 2. The Hall–Kier alpha value is -3.99. The van der Waals surface area contributed by atoms with Crippen LogP contribution < -0.4 is 11.3 Å². The van der Waals surface area contributed by atoms with Gasteiger partial charge in [0.2, 0.25) is 5.95 Å². The van der Waals surface area contributed by atoms with Crippen molar-refractivity contribution in [2.24, 2.45) is 0 Å². The largest absolute Gasteiger partial charge is 0.368 e. The van der Waals surface area contributed by atoms with Crippen molar-refractivity contribution >= 4 is 23.5 Å². The molecule has 0 aliphatic carbocycles. The average Bonchev–Trinajstić information content (AvgIpc) is 3.38. The van der Waals surface area contributed by atoms with Crippen molar-refractivity contribution in [3.8, 4) is 17.1 Å². The number of aryl methyl sites for hydroxylation is 2. The van der Waals surface area contributed by atoms with Gasteiger partial charge in [0.15, 0.2) is 11.0 Å². The zero-order valence-electron chi connectivity index (χ0n) is 17.4. The Balaban J connectivity index is 1.54. The third-order valence-electron chi connectivity index (χ3n) is 5.07. The van der Waals surface area contributed by atoms with Crippen molar-refractivity contribution in [2.45, 2.75) is 24.8 Å². The molecule has 0 saturated heterocycles. The molecule has 0 amide bonds. The number of nitrogens with two attached hydrogens (primary N) is 1. The van der Waals surface area contributed by atoms with Crippen LogP contribution in [0.25, 0.3) is 22.9 Å². The molecule has 0 fully saturated rings. The minimum atomic E-state index is -0.275. The van der Waals surface area contributed by atoms with E-state index in [4.69, 9.17) is 5.73 Å².